The lowest BCUT2D eigenvalue weighted by Gasteiger charge is -2.11. The molecule has 0 aliphatic rings. The van der Waals surface area contributed by atoms with E-state index in [9.17, 15) is 0 Å². The average Bonchev–Trinajstić information content (AvgIpc) is 2.38. The molecular formula is C17H29N. The Morgan fingerprint density at radius 1 is 0.944 bits per heavy atom. The zero-order chi connectivity index (χ0) is 13.2. The van der Waals surface area contributed by atoms with Gasteiger partial charge in [-0.1, -0.05) is 68.9 Å². The highest BCUT2D eigenvalue weighted by atomic mass is 14.6. The Morgan fingerprint density at radius 2 is 1.61 bits per heavy atom. The lowest BCUT2D eigenvalue weighted by atomic mass is 10.00. The minimum atomic E-state index is 0.382. The van der Waals surface area contributed by atoms with Crippen molar-refractivity contribution < 1.29 is 0 Å². The molecule has 0 heterocycles. The summed E-state index contributed by atoms with van der Waals surface area (Å²) in [5.74, 6) is 0. The largest absolute Gasteiger partial charge is 0.328 e. The Bertz CT molecular complexity index is 302. The summed E-state index contributed by atoms with van der Waals surface area (Å²) >= 11 is 0. The molecule has 0 saturated heterocycles. The van der Waals surface area contributed by atoms with E-state index in [1.165, 1.54) is 49.7 Å². The van der Waals surface area contributed by atoms with Gasteiger partial charge in [-0.3, -0.25) is 0 Å². The van der Waals surface area contributed by atoms with Crippen LogP contribution in [0, 0.1) is 6.92 Å². The van der Waals surface area contributed by atoms with Gasteiger partial charge in [0, 0.05) is 6.04 Å². The van der Waals surface area contributed by atoms with Gasteiger partial charge in [-0.05, 0) is 31.7 Å². The molecule has 1 atom stereocenters. The van der Waals surface area contributed by atoms with Crippen LogP contribution in [0.25, 0.3) is 0 Å². The Morgan fingerprint density at radius 3 is 2.28 bits per heavy atom. The molecule has 1 nitrogen and oxygen atoms in total. The van der Waals surface area contributed by atoms with Crippen molar-refractivity contribution in [1.29, 1.82) is 0 Å². The number of nitrogens with two attached hydrogens (primary N) is 1. The van der Waals surface area contributed by atoms with E-state index in [4.69, 9.17) is 5.73 Å². The van der Waals surface area contributed by atoms with Gasteiger partial charge in [-0.2, -0.15) is 0 Å². The molecule has 0 radical (unpaired) electrons. The highest BCUT2D eigenvalue weighted by molar-refractivity contribution is 5.21. The monoisotopic (exact) mass is 247 g/mol. The molecule has 18 heavy (non-hydrogen) atoms. The smallest absolute Gasteiger partial charge is 0.00419 e. The number of aryl methyl sites for hydroxylation is 2. The maximum atomic E-state index is 6.17. The minimum absolute atomic E-state index is 0.382. The Balaban J connectivity index is 2.09. The molecule has 0 spiro atoms. The van der Waals surface area contributed by atoms with Gasteiger partial charge in [0.05, 0.1) is 0 Å². The molecule has 1 aromatic carbocycles. The van der Waals surface area contributed by atoms with Crippen LogP contribution < -0.4 is 5.73 Å². The van der Waals surface area contributed by atoms with E-state index >= 15 is 0 Å². The maximum absolute atomic E-state index is 6.17. The van der Waals surface area contributed by atoms with Gasteiger partial charge in [0.15, 0.2) is 0 Å². The molecule has 0 aliphatic heterocycles. The minimum Gasteiger partial charge on any atom is -0.328 e. The predicted octanol–water partition coefficient (Wildman–Crippen LogP) is 4.62. The van der Waals surface area contributed by atoms with Crippen molar-refractivity contribution >= 4 is 0 Å². The number of rotatable bonds is 9. The number of hydrogen-bond acceptors (Lipinski definition) is 1. The van der Waals surface area contributed by atoms with Gasteiger partial charge in [-0.25, -0.2) is 0 Å². The van der Waals surface area contributed by atoms with Crippen LogP contribution in [-0.2, 0) is 6.42 Å². The van der Waals surface area contributed by atoms with Crippen molar-refractivity contribution in [1.82, 2.24) is 0 Å². The normalized spacial score (nSPS) is 12.6. The van der Waals surface area contributed by atoms with Crippen LogP contribution in [0.5, 0.6) is 0 Å². The lowest BCUT2D eigenvalue weighted by molar-refractivity contribution is 0.516. The number of hydrogen-bond donors (Lipinski definition) is 1. The summed E-state index contributed by atoms with van der Waals surface area (Å²) in [6.45, 7) is 4.39. The third-order valence-corrected chi connectivity index (χ3v) is 3.60. The van der Waals surface area contributed by atoms with Gasteiger partial charge in [0.1, 0.15) is 0 Å². The van der Waals surface area contributed by atoms with E-state index in [1.807, 2.05) is 0 Å². The predicted molar refractivity (Wildman–Crippen MR) is 80.9 cm³/mol. The zero-order valence-electron chi connectivity index (χ0n) is 12.1. The van der Waals surface area contributed by atoms with E-state index in [-0.39, 0.29) is 0 Å². The Kier molecular flexibility index (Phi) is 7.75. The number of benzene rings is 1. The van der Waals surface area contributed by atoms with Crippen LogP contribution >= 0.6 is 0 Å². The molecule has 0 fully saturated rings. The summed E-state index contributed by atoms with van der Waals surface area (Å²) in [6, 6.07) is 9.21. The first-order chi connectivity index (χ1) is 8.72. The number of unbranched alkanes of at least 4 members (excludes halogenated alkanes) is 4. The molecule has 0 saturated carbocycles. The summed E-state index contributed by atoms with van der Waals surface area (Å²) in [4.78, 5) is 0. The summed E-state index contributed by atoms with van der Waals surface area (Å²) in [5, 5.41) is 0. The standard InChI is InChI=1S/C17H29N/c1-3-4-5-6-7-8-17(18)14-13-16-11-9-15(2)10-12-16/h9-12,17H,3-8,13-14,18H2,1-2H3. The Hall–Kier alpha value is -0.820. The van der Waals surface area contributed by atoms with Crippen LogP contribution in [0.15, 0.2) is 24.3 Å². The molecule has 0 aromatic heterocycles. The van der Waals surface area contributed by atoms with Gasteiger partial charge in [0.2, 0.25) is 0 Å². The fourth-order valence-corrected chi connectivity index (χ4v) is 2.26. The third-order valence-electron chi connectivity index (χ3n) is 3.60. The summed E-state index contributed by atoms with van der Waals surface area (Å²) in [5.41, 5.74) is 8.92. The molecule has 1 rings (SSSR count). The van der Waals surface area contributed by atoms with E-state index in [1.54, 1.807) is 0 Å². The first kappa shape index (κ1) is 15.2. The molecule has 0 bridgehead atoms. The topological polar surface area (TPSA) is 26.0 Å². The Labute approximate surface area is 113 Å². The zero-order valence-corrected chi connectivity index (χ0v) is 12.1. The van der Waals surface area contributed by atoms with Crippen molar-refractivity contribution in [3.05, 3.63) is 35.4 Å². The highest BCUT2D eigenvalue weighted by Gasteiger charge is 2.03. The molecule has 0 aliphatic carbocycles. The van der Waals surface area contributed by atoms with Crippen molar-refractivity contribution in [2.75, 3.05) is 0 Å². The van der Waals surface area contributed by atoms with Crippen LogP contribution in [0.4, 0.5) is 0 Å². The average molecular weight is 247 g/mol. The quantitative estimate of drug-likeness (QED) is 0.633. The van der Waals surface area contributed by atoms with Crippen molar-refractivity contribution in [3.63, 3.8) is 0 Å². The molecule has 1 aromatic rings. The molecular weight excluding hydrogens is 218 g/mol. The molecule has 0 amide bonds. The molecule has 1 unspecified atom stereocenters. The SMILES string of the molecule is CCCCCCCC(N)CCc1ccc(C)cc1. The second kappa shape index (κ2) is 9.16. The van der Waals surface area contributed by atoms with Crippen LogP contribution in [0.3, 0.4) is 0 Å². The van der Waals surface area contributed by atoms with Crippen molar-refractivity contribution in [3.8, 4) is 0 Å². The van der Waals surface area contributed by atoms with Crippen LogP contribution in [-0.4, -0.2) is 6.04 Å². The maximum Gasteiger partial charge on any atom is 0.00419 e. The van der Waals surface area contributed by atoms with E-state index in [0.717, 1.165) is 12.8 Å². The van der Waals surface area contributed by atoms with Crippen molar-refractivity contribution in [2.24, 2.45) is 5.73 Å². The first-order valence-corrected chi connectivity index (χ1v) is 7.53. The van der Waals surface area contributed by atoms with Gasteiger partial charge < -0.3 is 5.73 Å². The van der Waals surface area contributed by atoms with Gasteiger partial charge in [-0.15, -0.1) is 0 Å². The van der Waals surface area contributed by atoms with Crippen LogP contribution in [0.2, 0.25) is 0 Å². The molecule has 1 heteroatoms. The van der Waals surface area contributed by atoms with Crippen molar-refractivity contribution in [2.45, 2.75) is 71.3 Å². The first-order valence-electron chi connectivity index (χ1n) is 7.53. The van der Waals surface area contributed by atoms with Gasteiger partial charge in [0.25, 0.3) is 0 Å². The van der Waals surface area contributed by atoms with E-state index in [2.05, 4.69) is 38.1 Å². The summed E-state index contributed by atoms with van der Waals surface area (Å²) in [7, 11) is 0. The van der Waals surface area contributed by atoms with E-state index < -0.39 is 0 Å². The second-order valence-corrected chi connectivity index (χ2v) is 5.49. The fourth-order valence-electron chi connectivity index (χ4n) is 2.26. The van der Waals surface area contributed by atoms with Crippen LogP contribution in [0.1, 0.15) is 63.0 Å². The molecule has 2 N–H and O–H groups in total. The highest BCUT2D eigenvalue weighted by Crippen LogP contribution is 2.11. The van der Waals surface area contributed by atoms with Gasteiger partial charge >= 0.3 is 0 Å². The lowest BCUT2D eigenvalue weighted by Crippen LogP contribution is -2.20. The summed E-state index contributed by atoms with van der Waals surface area (Å²) in [6.07, 6.45) is 10.2. The summed E-state index contributed by atoms with van der Waals surface area (Å²) < 4.78 is 0. The molecule has 102 valence electrons. The fraction of sp³-hybridized carbons (Fsp3) is 0.647. The van der Waals surface area contributed by atoms with E-state index in [0.29, 0.717) is 6.04 Å². The third kappa shape index (κ3) is 6.80. The second-order valence-electron chi connectivity index (χ2n) is 5.49.